The molecule has 0 spiro atoms. The number of hydrogen-bond acceptors (Lipinski definition) is 3. The van der Waals surface area contributed by atoms with E-state index in [9.17, 15) is 10.1 Å². The van der Waals surface area contributed by atoms with Crippen LogP contribution in [0.25, 0.3) is 0 Å². The smallest absolute Gasteiger partial charge is 0.258 e. The van der Waals surface area contributed by atoms with Gasteiger partial charge in [0.15, 0.2) is 0 Å². The molecule has 0 amide bonds. The first kappa shape index (κ1) is 12.5. The average molecular weight is 251 g/mol. The van der Waals surface area contributed by atoms with Gasteiger partial charge in [0, 0.05) is 17.6 Å². The third kappa shape index (κ3) is 2.02. The van der Waals surface area contributed by atoms with E-state index < -0.39 is 5.00 Å². The maximum atomic E-state index is 10.8. The van der Waals surface area contributed by atoms with Gasteiger partial charge in [-0.25, -0.2) is 4.84 Å². The monoisotopic (exact) mass is 250 g/mol. The van der Waals surface area contributed by atoms with E-state index in [0.29, 0.717) is 23.1 Å². The number of alkyl halides is 1. The lowest BCUT2D eigenvalue weighted by molar-refractivity contribution is -0.422. The van der Waals surface area contributed by atoms with Crippen molar-refractivity contribution >= 4 is 23.4 Å². The number of allylic oxidation sites excluding steroid dienone is 1. The molecule has 0 aliphatic heterocycles. The van der Waals surface area contributed by atoms with E-state index in [1.807, 2.05) is 0 Å². The Hall–Kier alpha value is -0.580. The maximum Gasteiger partial charge on any atom is 0.271 e. The zero-order chi connectivity index (χ0) is 11.8. The minimum absolute atomic E-state index is 0.149. The summed E-state index contributed by atoms with van der Waals surface area (Å²) in [6.45, 7) is 5.12. The van der Waals surface area contributed by atoms with Crippen LogP contribution in [-0.2, 0) is 0 Å². The van der Waals surface area contributed by atoms with Gasteiger partial charge in [-0.1, -0.05) is 11.6 Å². The van der Waals surface area contributed by atoms with Crippen molar-refractivity contribution in [1.29, 1.82) is 0 Å². The highest BCUT2D eigenvalue weighted by Gasteiger charge is 2.39. The first-order valence-corrected chi connectivity index (χ1v) is 5.18. The minimum atomic E-state index is -0.908. The number of rotatable bonds is 2. The lowest BCUT2D eigenvalue weighted by Gasteiger charge is -2.31. The summed E-state index contributed by atoms with van der Waals surface area (Å²) < 4.78 is 0. The fourth-order valence-corrected chi connectivity index (χ4v) is 2.32. The number of nitrogens with one attached hydrogen (secondary N) is 1. The molecule has 0 saturated heterocycles. The molecule has 0 saturated carbocycles. The maximum absolute atomic E-state index is 10.8. The van der Waals surface area contributed by atoms with Gasteiger partial charge in [0.05, 0.1) is 4.92 Å². The molecule has 84 valence electrons. The summed E-state index contributed by atoms with van der Waals surface area (Å²) in [6.07, 6.45) is 0.331. The number of hydrogen-bond donors (Lipinski definition) is 1. The van der Waals surface area contributed by atoms with Crippen molar-refractivity contribution in [2.45, 2.75) is 32.2 Å². The van der Waals surface area contributed by atoms with E-state index in [0.717, 1.165) is 0 Å². The van der Waals surface area contributed by atoms with Gasteiger partial charge in [-0.15, -0.1) is 0 Å². The second-order valence-electron chi connectivity index (χ2n) is 3.71. The van der Waals surface area contributed by atoms with Crippen LogP contribution in [-0.4, -0.2) is 9.92 Å². The molecule has 1 rings (SSSR count). The zero-order valence-electron chi connectivity index (χ0n) is 8.73. The lowest BCUT2D eigenvalue weighted by Crippen LogP contribution is -2.38. The minimum Gasteiger partial charge on any atom is -0.258 e. The molecule has 1 unspecified atom stereocenters. The summed E-state index contributed by atoms with van der Waals surface area (Å²) in [5.41, 5.74) is 2.05. The molecular weight excluding hydrogens is 239 g/mol. The predicted octanol–water partition coefficient (Wildman–Crippen LogP) is 2.96. The molecule has 0 heterocycles. The molecule has 15 heavy (non-hydrogen) atoms. The standard InChI is InChI=1S/C9H12Cl2N2O2/c1-5-4-9(10,12-11)7(3)6(2)8(5)13(14)15/h12H,4H2,1-3H3. The van der Waals surface area contributed by atoms with Gasteiger partial charge in [0.2, 0.25) is 0 Å². The van der Waals surface area contributed by atoms with Crippen molar-refractivity contribution in [3.63, 3.8) is 0 Å². The Bertz CT molecular complexity index is 376. The van der Waals surface area contributed by atoms with Gasteiger partial charge in [0.25, 0.3) is 5.70 Å². The summed E-state index contributed by atoms with van der Waals surface area (Å²) in [5, 5.41) is 10.8. The molecule has 0 radical (unpaired) electrons. The lowest BCUT2D eigenvalue weighted by atomic mass is 9.88. The van der Waals surface area contributed by atoms with Crippen LogP contribution in [0, 0.1) is 10.1 Å². The predicted molar refractivity (Wildman–Crippen MR) is 60.3 cm³/mol. The highest BCUT2D eigenvalue weighted by Crippen LogP contribution is 2.40. The molecule has 6 heteroatoms. The highest BCUT2D eigenvalue weighted by molar-refractivity contribution is 6.30. The average Bonchev–Trinajstić information content (AvgIpc) is 2.14. The van der Waals surface area contributed by atoms with Crippen LogP contribution < -0.4 is 4.84 Å². The van der Waals surface area contributed by atoms with E-state index in [1.165, 1.54) is 0 Å². The topological polar surface area (TPSA) is 55.2 Å². The molecule has 0 aromatic carbocycles. The van der Waals surface area contributed by atoms with E-state index in [-0.39, 0.29) is 10.6 Å². The van der Waals surface area contributed by atoms with Crippen molar-refractivity contribution in [2.75, 3.05) is 0 Å². The third-order valence-electron chi connectivity index (χ3n) is 2.76. The van der Waals surface area contributed by atoms with Gasteiger partial charge in [0.1, 0.15) is 5.00 Å². The van der Waals surface area contributed by atoms with Gasteiger partial charge in [-0.05, 0) is 38.1 Å². The van der Waals surface area contributed by atoms with E-state index in [2.05, 4.69) is 4.84 Å². The molecule has 1 N–H and O–H groups in total. The Morgan fingerprint density at radius 2 is 2.00 bits per heavy atom. The third-order valence-corrected chi connectivity index (χ3v) is 3.69. The molecule has 4 nitrogen and oxygen atoms in total. The summed E-state index contributed by atoms with van der Waals surface area (Å²) >= 11 is 11.8. The van der Waals surface area contributed by atoms with Crippen LogP contribution in [0.3, 0.4) is 0 Å². The van der Waals surface area contributed by atoms with Crippen molar-refractivity contribution in [3.05, 3.63) is 32.5 Å². The summed E-state index contributed by atoms with van der Waals surface area (Å²) in [5.74, 6) is 0. The SMILES string of the molecule is CC1=C([N+](=O)[O-])C(C)=C(C)C(Cl)(NCl)C1. The van der Waals surface area contributed by atoms with E-state index in [1.54, 1.807) is 20.8 Å². The van der Waals surface area contributed by atoms with Crippen molar-refractivity contribution in [3.8, 4) is 0 Å². The van der Waals surface area contributed by atoms with Crippen molar-refractivity contribution in [1.82, 2.24) is 4.84 Å². The Morgan fingerprint density at radius 1 is 1.47 bits per heavy atom. The molecular formula is C9H12Cl2N2O2. The first-order chi connectivity index (χ1) is 6.83. The summed E-state index contributed by atoms with van der Waals surface area (Å²) in [6, 6.07) is 0. The Morgan fingerprint density at radius 3 is 2.40 bits per heavy atom. The largest absolute Gasteiger partial charge is 0.271 e. The molecule has 1 atom stereocenters. The molecule has 1 aliphatic rings. The van der Waals surface area contributed by atoms with Gasteiger partial charge in [-0.3, -0.25) is 10.1 Å². The molecule has 0 aromatic rings. The second kappa shape index (κ2) is 4.12. The zero-order valence-corrected chi connectivity index (χ0v) is 10.2. The second-order valence-corrected chi connectivity index (χ2v) is 4.54. The number of halogens is 2. The van der Waals surface area contributed by atoms with Gasteiger partial charge >= 0.3 is 0 Å². The Balaban J connectivity index is 3.30. The normalized spacial score (nSPS) is 27.3. The van der Waals surface area contributed by atoms with Crippen LogP contribution in [0.2, 0.25) is 0 Å². The number of nitrogens with zero attached hydrogens (tertiary/aromatic N) is 1. The molecule has 0 aromatic heterocycles. The molecule has 0 bridgehead atoms. The Kier molecular flexibility index (Phi) is 3.43. The van der Waals surface area contributed by atoms with Gasteiger partial charge in [-0.2, -0.15) is 0 Å². The van der Waals surface area contributed by atoms with Gasteiger partial charge < -0.3 is 0 Å². The summed E-state index contributed by atoms with van der Waals surface area (Å²) in [4.78, 5) is 12.0. The Labute approximate surface area is 98.2 Å². The van der Waals surface area contributed by atoms with Crippen LogP contribution in [0.4, 0.5) is 0 Å². The van der Waals surface area contributed by atoms with Crippen LogP contribution in [0.1, 0.15) is 27.2 Å². The fourth-order valence-electron chi connectivity index (χ4n) is 1.77. The van der Waals surface area contributed by atoms with Crippen LogP contribution >= 0.6 is 23.4 Å². The fraction of sp³-hybridized carbons (Fsp3) is 0.556. The van der Waals surface area contributed by atoms with Crippen LogP contribution in [0.15, 0.2) is 22.4 Å². The number of nitro groups is 1. The van der Waals surface area contributed by atoms with Crippen LogP contribution in [0.5, 0.6) is 0 Å². The highest BCUT2D eigenvalue weighted by atomic mass is 35.5. The van der Waals surface area contributed by atoms with Crippen molar-refractivity contribution < 1.29 is 4.92 Å². The molecule has 1 aliphatic carbocycles. The summed E-state index contributed by atoms with van der Waals surface area (Å²) in [7, 11) is 0. The van der Waals surface area contributed by atoms with E-state index >= 15 is 0 Å². The molecule has 0 fully saturated rings. The van der Waals surface area contributed by atoms with E-state index in [4.69, 9.17) is 23.4 Å². The first-order valence-electron chi connectivity index (χ1n) is 4.42. The van der Waals surface area contributed by atoms with Crippen molar-refractivity contribution in [2.24, 2.45) is 0 Å². The quantitative estimate of drug-likeness (QED) is 0.270.